The van der Waals surface area contributed by atoms with Gasteiger partial charge >= 0.3 is 11.9 Å². The minimum atomic E-state index is -0.464. The summed E-state index contributed by atoms with van der Waals surface area (Å²) in [6, 6.07) is 3.69. The number of fused-ring (bicyclic) bond motifs is 1. The first kappa shape index (κ1) is 21.9. The number of esters is 2. The van der Waals surface area contributed by atoms with Crippen LogP contribution in [0, 0.1) is 13.8 Å². The standard InChI is InChI=1S/C22H26ClN3O4/c1-7-15-19(13(3)25(4)24-15)20-14(23)8-9-16-18(20)12(2)21(22(28)30-6)26(16)11-10-17(27)29-5/h8-9H,7,10-11H2,1-6H3. The van der Waals surface area contributed by atoms with Gasteiger partial charge in [-0.25, -0.2) is 4.79 Å². The maximum Gasteiger partial charge on any atom is 0.354 e. The molecule has 0 N–H and O–H groups in total. The Morgan fingerprint density at radius 3 is 2.43 bits per heavy atom. The van der Waals surface area contributed by atoms with E-state index in [-0.39, 0.29) is 18.9 Å². The van der Waals surface area contributed by atoms with E-state index in [1.807, 2.05) is 49.2 Å². The van der Waals surface area contributed by atoms with E-state index >= 15 is 0 Å². The number of aryl methyl sites for hydroxylation is 4. The van der Waals surface area contributed by atoms with Crippen LogP contribution in [0.4, 0.5) is 0 Å². The monoisotopic (exact) mass is 431 g/mol. The van der Waals surface area contributed by atoms with Crippen molar-refractivity contribution < 1.29 is 19.1 Å². The SMILES string of the molecule is CCc1nn(C)c(C)c1-c1c(Cl)ccc2c1c(C)c(C(=O)OC)n2CCC(=O)OC. The number of aromatic nitrogens is 3. The number of halogens is 1. The van der Waals surface area contributed by atoms with Crippen molar-refractivity contribution in [1.29, 1.82) is 0 Å². The minimum Gasteiger partial charge on any atom is -0.469 e. The van der Waals surface area contributed by atoms with Crippen LogP contribution in [0.5, 0.6) is 0 Å². The van der Waals surface area contributed by atoms with E-state index in [4.69, 9.17) is 21.1 Å². The van der Waals surface area contributed by atoms with Crippen molar-refractivity contribution in [3.05, 3.63) is 39.8 Å². The van der Waals surface area contributed by atoms with E-state index in [9.17, 15) is 9.59 Å². The van der Waals surface area contributed by atoms with E-state index in [0.29, 0.717) is 10.7 Å². The van der Waals surface area contributed by atoms with Crippen molar-refractivity contribution >= 4 is 34.4 Å². The fourth-order valence-electron chi connectivity index (χ4n) is 4.00. The number of ether oxygens (including phenoxy) is 2. The van der Waals surface area contributed by atoms with Gasteiger partial charge in [-0.3, -0.25) is 9.48 Å². The first-order valence-corrected chi connectivity index (χ1v) is 10.1. The van der Waals surface area contributed by atoms with Gasteiger partial charge in [-0.15, -0.1) is 0 Å². The van der Waals surface area contributed by atoms with Crippen LogP contribution in [0.2, 0.25) is 5.02 Å². The molecule has 2 heterocycles. The summed E-state index contributed by atoms with van der Waals surface area (Å²) < 4.78 is 13.5. The summed E-state index contributed by atoms with van der Waals surface area (Å²) in [5.74, 6) is -0.815. The number of benzene rings is 1. The van der Waals surface area contributed by atoms with Crippen LogP contribution >= 0.6 is 11.6 Å². The average Bonchev–Trinajstić information content (AvgIpc) is 3.19. The molecule has 2 aromatic heterocycles. The van der Waals surface area contributed by atoms with Crippen LogP contribution in [-0.4, -0.2) is 40.5 Å². The molecule has 0 aliphatic rings. The molecule has 0 unspecified atom stereocenters. The third-order valence-electron chi connectivity index (χ3n) is 5.56. The molecule has 160 valence electrons. The molecule has 8 heteroatoms. The first-order chi connectivity index (χ1) is 14.3. The number of methoxy groups -OCH3 is 2. The van der Waals surface area contributed by atoms with Crippen molar-refractivity contribution in [3.8, 4) is 11.1 Å². The molecule has 0 aliphatic heterocycles. The number of hydrogen-bond acceptors (Lipinski definition) is 5. The summed E-state index contributed by atoms with van der Waals surface area (Å²) in [6.07, 6.45) is 0.878. The third-order valence-corrected chi connectivity index (χ3v) is 5.88. The predicted octanol–water partition coefficient (Wildman–Crippen LogP) is 4.22. The molecule has 0 aliphatic carbocycles. The molecule has 0 saturated carbocycles. The predicted molar refractivity (Wildman–Crippen MR) is 116 cm³/mol. The van der Waals surface area contributed by atoms with Gasteiger partial charge in [0.15, 0.2) is 0 Å². The van der Waals surface area contributed by atoms with E-state index < -0.39 is 5.97 Å². The largest absolute Gasteiger partial charge is 0.469 e. The van der Waals surface area contributed by atoms with E-state index in [2.05, 4.69) is 5.10 Å². The summed E-state index contributed by atoms with van der Waals surface area (Å²) in [5, 5.41) is 6.07. The molecule has 1 aromatic carbocycles. The molecular weight excluding hydrogens is 406 g/mol. The van der Waals surface area contributed by atoms with Gasteiger partial charge in [0.2, 0.25) is 0 Å². The molecule has 3 aromatic rings. The van der Waals surface area contributed by atoms with Crippen molar-refractivity contribution in [3.63, 3.8) is 0 Å². The highest BCUT2D eigenvalue weighted by Gasteiger charge is 2.27. The smallest absolute Gasteiger partial charge is 0.354 e. The number of hydrogen-bond donors (Lipinski definition) is 0. The van der Waals surface area contributed by atoms with Gasteiger partial charge in [0.25, 0.3) is 0 Å². The maximum absolute atomic E-state index is 12.7. The first-order valence-electron chi connectivity index (χ1n) is 9.75. The Hall–Kier alpha value is -2.80. The average molecular weight is 432 g/mol. The van der Waals surface area contributed by atoms with E-state index in [1.54, 1.807) is 0 Å². The Labute approximate surface area is 180 Å². The normalized spacial score (nSPS) is 11.2. The Bertz CT molecular complexity index is 1140. The third kappa shape index (κ3) is 3.47. The second kappa shape index (κ2) is 8.52. The fourth-order valence-corrected chi connectivity index (χ4v) is 4.26. The van der Waals surface area contributed by atoms with Crippen LogP contribution < -0.4 is 0 Å². The number of rotatable bonds is 6. The van der Waals surface area contributed by atoms with Gasteiger partial charge in [0.05, 0.1) is 26.3 Å². The molecule has 0 bridgehead atoms. The molecule has 0 atom stereocenters. The van der Waals surface area contributed by atoms with Gasteiger partial charge in [-0.2, -0.15) is 5.10 Å². The molecule has 30 heavy (non-hydrogen) atoms. The summed E-state index contributed by atoms with van der Waals surface area (Å²) in [6.45, 7) is 6.21. The van der Waals surface area contributed by atoms with Crippen molar-refractivity contribution in [2.45, 2.75) is 40.2 Å². The number of nitrogens with zero attached hydrogens (tertiary/aromatic N) is 3. The lowest BCUT2D eigenvalue weighted by atomic mass is 9.96. The molecule has 0 amide bonds. The van der Waals surface area contributed by atoms with Gasteiger partial charge < -0.3 is 14.0 Å². The lowest BCUT2D eigenvalue weighted by Gasteiger charge is -2.11. The van der Waals surface area contributed by atoms with Gasteiger partial charge in [-0.05, 0) is 38.0 Å². The topological polar surface area (TPSA) is 75.4 Å². The highest BCUT2D eigenvalue weighted by atomic mass is 35.5. The minimum absolute atomic E-state index is 0.133. The quantitative estimate of drug-likeness (QED) is 0.546. The Morgan fingerprint density at radius 2 is 1.83 bits per heavy atom. The molecule has 7 nitrogen and oxygen atoms in total. The summed E-state index contributed by atoms with van der Waals surface area (Å²) in [4.78, 5) is 24.4. The zero-order valence-electron chi connectivity index (χ0n) is 18.1. The summed E-state index contributed by atoms with van der Waals surface area (Å²) >= 11 is 6.71. The van der Waals surface area contributed by atoms with Crippen LogP contribution in [0.25, 0.3) is 22.0 Å². The molecule has 0 saturated heterocycles. The van der Waals surface area contributed by atoms with Gasteiger partial charge in [0.1, 0.15) is 5.69 Å². The second-order valence-corrected chi connectivity index (χ2v) is 7.55. The van der Waals surface area contributed by atoms with Crippen molar-refractivity contribution in [2.75, 3.05) is 14.2 Å². The van der Waals surface area contributed by atoms with Crippen LogP contribution in [-0.2, 0) is 34.3 Å². The molecule has 0 spiro atoms. The lowest BCUT2D eigenvalue weighted by molar-refractivity contribution is -0.140. The number of carbonyl (C=O) groups is 2. The van der Waals surface area contributed by atoms with Crippen molar-refractivity contribution in [2.24, 2.45) is 7.05 Å². The van der Waals surface area contributed by atoms with Crippen LogP contribution in [0.15, 0.2) is 12.1 Å². The Balaban J connectivity index is 2.39. The lowest BCUT2D eigenvalue weighted by Crippen LogP contribution is -2.14. The second-order valence-electron chi connectivity index (χ2n) is 7.14. The molecule has 0 radical (unpaired) electrons. The van der Waals surface area contributed by atoms with Gasteiger partial charge in [-0.1, -0.05) is 18.5 Å². The molecule has 3 rings (SSSR count). The zero-order valence-corrected chi connectivity index (χ0v) is 18.9. The number of carbonyl (C=O) groups excluding carboxylic acids is 2. The molecular formula is C22H26ClN3O4. The highest BCUT2D eigenvalue weighted by Crippen LogP contribution is 2.42. The van der Waals surface area contributed by atoms with E-state index in [1.165, 1.54) is 14.2 Å². The van der Waals surface area contributed by atoms with Crippen LogP contribution in [0.1, 0.15) is 40.8 Å². The zero-order chi connectivity index (χ0) is 22.2. The fraction of sp³-hybridized carbons (Fsp3) is 0.409. The highest BCUT2D eigenvalue weighted by molar-refractivity contribution is 6.35. The van der Waals surface area contributed by atoms with Gasteiger partial charge in [0, 0.05) is 46.3 Å². The van der Waals surface area contributed by atoms with E-state index in [0.717, 1.165) is 45.4 Å². The summed E-state index contributed by atoms with van der Waals surface area (Å²) in [7, 11) is 4.59. The summed E-state index contributed by atoms with van der Waals surface area (Å²) in [5.41, 5.74) is 5.70. The van der Waals surface area contributed by atoms with Crippen LogP contribution in [0.3, 0.4) is 0 Å². The van der Waals surface area contributed by atoms with Crippen molar-refractivity contribution in [1.82, 2.24) is 14.3 Å². The molecule has 0 fully saturated rings. The Kier molecular flexibility index (Phi) is 6.22. The Morgan fingerprint density at radius 1 is 1.13 bits per heavy atom. The maximum atomic E-state index is 12.7.